The van der Waals surface area contributed by atoms with E-state index in [1.165, 1.54) is 0 Å². The van der Waals surface area contributed by atoms with Gasteiger partial charge in [0.25, 0.3) is 0 Å². The summed E-state index contributed by atoms with van der Waals surface area (Å²) in [4.78, 5) is 3.19. The maximum atomic E-state index is 12.4. The average molecular weight is 308 g/mol. The van der Waals surface area contributed by atoms with E-state index >= 15 is 0 Å². The number of benzene rings is 1. The molecule has 0 atom stereocenters. The zero-order chi connectivity index (χ0) is 15.5. The van der Waals surface area contributed by atoms with Crippen LogP contribution < -0.4 is 9.46 Å². The van der Waals surface area contributed by atoms with Crippen LogP contribution in [-0.4, -0.2) is 20.0 Å². The van der Waals surface area contributed by atoms with Gasteiger partial charge in [-0.2, -0.15) is 0 Å². The summed E-state index contributed by atoms with van der Waals surface area (Å²) in [6.07, 6.45) is 3.52. The molecule has 6 heteroatoms. The molecule has 0 aliphatic carbocycles. The standard InChI is InChI=1S/C15H20N2O3S/c1-4-20-14-7-12(3)15(8-11(14)2)21(18,19)17-10-13-5-6-16-9-13/h5-9,16-17H,4,10H2,1-3H3. The number of aryl methyl sites for hydroxylation is 2. The summed E-state index contributed by atoms with van der Waals surface area (Å²) >= 11 is 0. The van der Waals surface area contributed by atoms with Gasteiger partial charge < -0.3 is 9.72 Å². The van der Waals surface area contributed by atoms with Gasteiger partial charge in [-0.05, 0) is 55.7 Å². The average Bonchev–Trinajstić information content (AvgIpc) is 2.94. The zero-order valence-corrected chi connectivity index (χ0v) is 13.3. The van der Waals surface area contributed by atoms with Gasteiger partial charge in [0.05, 0.1) is 11.5 Å². The molecule has 0 unspecified atom stereocenters. The molecular weight excluding hydrogens is 288 g/mol. The van der Waals surface area contributed by atoms with Crippen LogP contribution in [0.4, 0.5) is 0 Å². The summed E-state index contributed by atoms with van der Waals surface area (Å²) in [5, 5.41) is 0. The number of H-pyrrole nitrogens is 1. The Morgan fingerprint density at radius 1 is 1.24 bits per heavy atom. The van der Waals surface area contributed by atoms with E-state index < -0.39 is 10.0 Å². The van der Waals surface area contributed by atoms with Crippen LogP contribution in [0.2, 0.25) is 0 Å². The third-order valence-corrected chi connectivity index (χ3v) is 4.73. The van der Waals surface area contributed by atoms with Gasteiger partial charge in [-0.25, -0.2) is 13.1 Å². The minimum Gasteiger partial charge on any atom is -0.494 e. The highest BCUT2D eigenvalue weighted by molar-refractivity contribution is 7.89. The molecule has 0 bridgehead atoms. The smallest absolute Gasteiger partial charge is 0.241 e. The van der Waals surface area contributed by atoms with Gasteiger partial charge in [0.1, 0.15) is 5.75 Å². The molecule has 0 amide bonds. The van der Waals surface area contributed by atoms with E-state index in [0.29, 0.717) is 17.1 Å². The van der Waals surface area contributed by atoms with Crippen molar-refractivity contribution in [2.75, 3.05) is 6.61 Å². The summed E-state index contributed by atoms with van der Waals surface area (Å²) in [7, 11) is -3.54. The van der Waals surface area contributed by atoms with Crippen molar-refractivity contribution in [2.45, 2.75) is 32.2 Å². The normalized spacial score (nSPS) is 11.6. The molecule has 114 valence electrons. The largest absolute Gasteiger partial charge is 0.494 e. The number of hydrogen-bond acceptors (Lipinski definition) is 3. The number of nitrogens with one attached hydrogen (secondary N) is 2. The highest BCUT2D eigenvalue weighted by atomic mass is 32.2. The second-order valence-corrected chi connectivity index (χ2v) is 6.60. The molecule has 5 nitrogen and oxygen atoms in total. The first-order valence-corrected chi connectivity index (χ1v) is 8.27. The van der Waals surface area contributed by atoms with Crippen LogP contribution >= 0.6 is 0 Å². The lowest BCUT2D eigenvalue weighted by molar-refractivity contribution is 0.337. The predicted octanol–water partition coefficient (Wildman–Crippen LogP) is 2.51. The van der Waals surface area contributed by atoms with Crippen LogP contribution in [0.3, 0.4) is 0 Å². The fraction of sp³-hybridized carbons (Fsp3) is 0.333. The van der Waals surface area contributed by atoms with E-state index in [1.54, 1.807) is 31.5 Å². The molecule has 21 heavy (non-hydrogen) atoms. The molecule has 1 heterocycles. The summed E-state index contributed by atoms with van der Waals surface area (Å²) in [5.74, 6) is 0.722. The Morgan fingerprint density at radius 2 is 2.00 bits per heavy atom. The molecule has 0 aliphatic heterocycles. The highest BCUT2D eigenvalue weighted by Crippen LogP contribution is 2.25. The number of sulfonamides is 1. The van der Waals surface area contributed by atoms with Gasteiger partial charge in [-0.3, -0.25) is 0 Å². The number of hydrogen-bond donors (Lipinski definition) is 2. The fourth-order valence-electron chi connectivity index (χ4n) is 2.09. The van der Waals surface area contributed by atoms with Gasteiger partial charge >= 0.3 is 0 Å². The van der Waals surface area contributed by atoms with E-state index in [4.69, 9.17) is 4.74 Å². The van der Waals surface area contributed by atoms with E-state index in [1.807, 2.05) is 19.9 Å². The molecule has 0 saturated carbocycles. The van der Waals surface area contributed by atoms with Crippen LogP contribution in [0.25, 0.3) is 0 Å². The SMILES string of the molecule is CCOc1cc(C)c(S(=O)(=O)NCc2cc[nH]c2)cc1C. The molecule has 0 fully saturated rings. The minimum atomic E-state index is -3.54. The molecular formula is C15H20N2O3S. The zero-order valence-electron chi connectivity index (χ0n) is 12.4. The molecule has 0 spiro atoms. The summed E-state index contributed by atoms with van der Waals surface area (Å²) in [6.45, 7) is 6.33. The van der Waals surface area contributed by atoms with Crippen molar-refractivity contribution < 1.29 is 13.2 Å². The van der Waals surface area contributed by atoms with Gasteiger partial charge in [-0.1, -0.05) is 0 Å². The minimum absolute atomic E-state index is 0.261. The number of aromatic nitrogens is 1. The van der Waals surface area contributed by atoms with E-state index in [0.717, 1.165) is 16.9 Å². The number of aromatic amines is 1. The first kappa shape index (κ1) is 15.6. The van der Waals surface area contributed by atoms with Gasteiger partial charge in [0.2, 0.25) is 10.0 Å². The maximum absolute atomic E-state index is 12.4. The Morgan fingerprint density at radius 3 is 2.62 bits per heavy atom. The Bertz CT molecular complexity index is 707. The lowest BCUT2D eigenvalue weighted by atomic mass is 10.1. The van der Waals surface area contributed by atoms with Crippen molar-refractivity contribution in [1.29, 1.82) is 0 Å². The van der Waals surface area contributed by atoms with Gasteiger partial charge in [0, 0.05) is 18.9 Å². The molecule has 1 aromatic heterocycles. The van der Waals surface area contributed by atoms with Crippen LogP contribution in [0.15, 0.2) is 35.5 Å². The number of ether oxygens (including phenoxy) is 1. The Balaban J connectivity index is 2.25. The summed E-state index contributed by atoms with van der Waals surface area (Å²) in [5.41, 5.74) is 2.37. The molecule has 1 aromatic carbocycles. The first-order chi connectivity index (χ1) is 9.94. The third-order valence-electron chi connectivity index (χ3n) is 3.19. The Hall–Kier alpha value is -1.79. The molecule has 0 saturated heterocycles. The fourth-order valence-corrected chi connectivity index (χ4v) is 3.42. The van der Waals surface area contributed by atoms with Crippen molar-refractivity contribution in [3.8, 4) is 5.75 Å². The Kier molecular flexibility index (Phi) is 4.69. The topological polar surface area (TPSA) is 71.2 Å². The molecule has 0 aliphatic rings. The quantitative estimate of drug-likeness (QED) is 0.861. The van der Waals surface area contributed by atoms with Crippen molar-refractivity contribution in [3.63, 3.8) is 0 Å². The molecule has 2 rings (SSSR count). The van der Waals surface area contributed by atoms with Crippen LogP contribution in [0, 0.1) is 13.8 Å². The van der Waals surface area contributed by atoms with E-state index in [2.05, 4.69) is 9.71 Å². The summed E-state index contributed by atoms with van der Waals surface area (Å²) in [6, 6.07) is 5.25. The van der Waals surface area contributed by atoms with Crippen LogP contribution in [0.5, 0.6) is 5.75 Å². The van der Waals surface area contributed by atoms with Gasteiger partial charge in [-0.15, -0.1) is 0 Å². The second kappa shape index (κ2) is 6.32. The first-order valence-electron chi connectivity index (χ1n) is 6.79. The second-order valence-electron chi connectivity index (χ2n) is 4.86. The third kappa shape index (κ3) is 3.65. The number of rotatable bonds is 6. The van der Waals surface area contributed by atoms with Gasteiger partial charge in [0.15, 0.2) is 0 Å². The monoisotopic (exact) mass is 308 g/mol. The van der Waals surface area contributed by atoms with Crippen molar-refractivity contribution in [1.82, 2.24) is 9.71 Å². The van der Waals surface area contributed by atoms with Crippen molar-refractivity contribution in [3.05, 3.63) is 47.3 Å². The maximum Gasteiger partial charge on any atom is 0.241 e. The lowest BCUT2D eigenvalue weighted by Crippen LogP contribution is -2.24. The van der Waals surface area contributed by atoms with E-state index in [9.17, 15) is 8.42 Å². The lowest BCUT2D eigenvalue weighted by Gasteiger charge is -2.13. The van der Waals surface area contributed by atoms with Crippen molar-refractivity contribution >= 4 is 10.0 Å². The van der Waals surface area contributed by atoms with Crippen LogP contribution in [0.1, 0.15) is 23.6 Å². The predicted molar refractivity (Wildman–Crippen MR) is 81.9 cm³/mol. The van der Waals surface area contributed by atoms with Crippen LogP contribution in [-0.2, 0) is 16.6 Å². The highest BCUT2D eigenvalue weighted by Gasteiger charge is 2.18. The molecule has 0 radical (unpaired) electrons. The Labute approximate surface area is 125 Å². The summed E-state index contributed by atoms with van der Waals surface area (Å²) < 4.78 is 32.9. The van der Waals surface area contributed by atoms with E-state index in [-0.39, 0.29) is 6.54 Å². The molecule has 2 N–H and O–H groups in total. The molecule has 2 aromatic rings. The van der Waals surface area contributed by atoms with Crippen molar-refractivity contribution in [2.24, 2.45) is 0 Å².